The summed E-state index contributed by atoms with van der Waals surface area (Å²) < 4.78 is 0. The number of carbonyl (C=O) groups is 8. The lowest BCUT2D eigenvalue weighted by Crippen LogP contribution is -2.59. The van der Waals surface area contributed by atoms with Gasteiger partial charge in [-0.1, -0.05) is 72.8 Å². The summed E-state index contributed by atoms with van der Waals surface area (Å²) in [7, 11) is 0. The highest BCUT2D eigenvalue weighted by atomic mass is 32.2. The standard InChI is InChI=1S/C47H55N9O10S/c1-26(48)43(62)55-37(20-27-14-16-31(57)17-15-27)44(63)51-25-40(58)52-38(22-30-24-50-34-13-6-5-12-33(30)34)46(65)53-35(18-19-67-2)45(64)56-39(23-41(59)60)47(66)54-36(42(49)61)21-29-10-7-9-28-8-3-4-11-32(28)29/h3-17,24,26,35-39,50,57H,18-23,25,48H2,1-2H3,(H2,49,61)(H,51,63)(H,52,58)(H,53,65)(H,54,66)(H,55,62)(H,56,64)(H,59,60)/t26-,35-,36-,37-,38-,39-/m0/s1. The molecule has 6 atom stereocenters. The van der Waals surface area contributed by atoms with Crippen molar-refractivity contribution in [2.75, 3.05) is 18.6 Å². The van der Waals surface area contributed by atoms with E-state index in [0.29, 0.717) is 22.4 Å². The van der Waals surface area contributed by atoms with Gasteiger partial charge in [-0.2, -0.15) is 11.8 Å². The number of nitrogens with two attached hydrogens (primary N) is 2. The summed E-state index contributed by atoms with van der Waals surface area (Å²) in [4.78, 5) is 109. The maximum absolute atomic E-state index is 14.3. The van der Waals surface area contributed by atoms with Crippen LogP contribution >= 0.6 is 11.8 Å². The summed E-state index contributed by atoms with van der Waals surface area (Å²) >= 11 is 1.35. The van der Waals surface area contributed by atoms with E-state index in [4.69, 9.17) is 11.5 Å². The highest BCUT2D eigenvalue weighted by Crippen LogP contribution is 2.21. The average molecular weight is 938 g/mol. The molecule has 0 aliphatic heterocycles. The maximum Gasteiger partial charge on any atom is 0.305 e. The number of carboxylic acid groups (broad SMARTS) is 1. The van der Waals surface area contributed by atoms with Gasteiger partial charge in [-0.15, -0.1) is 0 Å². The number of para-hydroxylation sites is 1. The molecule has 0 radical (unpaired) electrons. The van der Waals surface area contributed by atoms with Crippen LogP contribution in [0.1, 0.15) is 36.5 Å². The van der Waals surface area contributed by atoms with Gasteiger partial charge in [-0.3, -0.25) is 38.4 Å². The molecule has 0 bridgehead atoms. The quantitative estimate of drug-likeness (QED) is 0.0407. The van der Waals surface area contributed by atoms with E-state index in [2.05, 4.69) is 36.9 Å². The Hall–Kier alpha value is -7.45. The minimum atomic E-state index is -1.70. The lowest BCUT2D eigenvalue weighted by molar-refractivity contribution is -0.141. The second-order valence-electron chi connectivity index (χ2n) is 15.9. The molecule has 19 nitrogen and oxygen atoms in total. The van der Waals surface area contributed by atoms with Crippen molar-refractivity contribution in [2.45, 2.75) is 75.3 Å². The molecule has 67 heavy (non-hydrogen) atoms. The van der Waals surface area contributed by atoms with Crippen LogP contribution in [0.3, 0.4) is 0 Å². The summed E-state index contributed by atoms with van der Waals surface area (Å²) in [6, 6.07) is 18.3. The van der Waals surface area contributed by atoms with Gasteiger partial charge in [0.2, 0.25) is 41.4 Å². The molecule has 0 aliphatic rings. The van der Waals surface area contributed by atoms with Crippen LogP contribution in [0.2, 0.25) is 0 Å². The first-order chi connectivity index (χ1) is 32.0. The molecule has 0 saturated heterocycles. The fraction of sp³-hybridized carbons (Fsp3) is 0.319. The van der Waals surface area contributed by atoms with Gasteiger partial charge in [-0.05, 0) is 71.0 Å². The number of hydrogen-bond donors (Lipinski definition) is 11. The van der Waals surface area contributed by atoms with Crippen molar-refractivity contribution in [1.29, 1.82) is 0 Å². The first kappa shape index (κ1) is 50.5. The zero-order chi connectivity index (χ0) is 48.6. The molecule has 0 unspecified atom stereocenters. The van der Waals surface area contributed by atoms with E-state index in [-0.39, 0.29) is 31.4 Å². The van der Waals surface area contributed by atoms with Crippen LogP contribution in [0.5, 0.6) is 5.75 Å². The maximum atomic E-state index is 14.3. The van der Waals surface area contributed by atoms with Crippen LogP contribution in [-0.2, 0) is 57.6 Å². The molecule has 4 aromatic carbocycles. The lowest BCUT2D eigenvalue weighted by Gasteiger charge is -2.26. The normalized spacial score (nSPS) is 13.8. The van der Waals surface area contributed by atoms with Gasteiger partial charge >= 0.3 is 5.97 Å². The monoisotopic (exact) mass is 937 g/mol. The number of amides is 7. The number of carboxylic acids is 1. The number of rotatable bonds is 24. The molecule has 1 heterocycles. The van der Waals surface area contributed by atoms with Crippen molar-refractivity contribution in [1.82, 2.24) is 36.9 Å². The van der Waals surface area contributed by atoms with Gasteiger partial charge < -0.3 is 58.6 Å². The second-order valence-corrected chi connectivity index (χ2v) is 16.9. The number of aromatic amines is 1. The molecule has 0 aliphatic carbocycles. The van der Waals surface area contributed by atoms with E-state index < -0.39 is 96.5 Å². The highest BCUT2D eigenvalue weighted by Gasteiger charge is 2.33. The lowest BCUT2D eigenvalue weighted by atomic mass is 9.98. The van der Waals surface area contributed by atoms with Crippen LogP contribution in [0, 0.1) is 0 Å². The van der Waals surface area contributed by atoms with Gasteiger partial charge in [-0.25, -0.2) is 0 Å². The summed E-state index contributed by atoms with van der Waals surface area (Å²) in [5.41, 5.74) is 14.1. The number of benzene rings is 4. The van der Waals surface area contributed by atoms with Crippen molar-refractivity contribution >= 4 is 80.8 Å². The first-order valence-electron chi connectivity index (χ1n) is 21.4. The van der Waals surface area contributed by atoms with Crippen LogP contribution in [0.15, 0.2) is 97.2 Å². The third-order valence-electron chi connectivity index (χ3n) is 10.8. The molecule has 1 aromatic heterocycles. The third-order valence-corrected chi connectivity index (χ3v) is 11.5. The second kappa shape index (κ2) is 24.2. The van der Waals surface area contributed by atoms with E-state index in [1.165, 1.54) is 30.8 Å². The number of phenols is 1. The first-order valence-corrected chi connectivity index (χ1v) is 22.8. The molecule has 5 aromatic rings. The predicted octanol–water partition coefficient (Wildman–Crippen LogP) is 0.655. The van der Waals surface area contributed by atoms with E-state index in [9.17, 15) is 48.6 Å². The Morgan fingerprint density at radius 3 is 1.91 bits per heavy atom. The number of aliphatic carboxylic acids is 1. The van der Waals surface area contributed by atoms with Gasteiger partial charge in [0.05, 0.1) is 19.0 Å². The number of aromatic hydroxyl groups is 1. The molecule has 354 valence electrons. The van der Waals surface area contributed by atoms with Crippen molar-refractivity contribution in [3.8, 4) is 5.75 Å². The SMILES string of the molecule is CSCC[C@H](NC(=O)[C@H](Cc1c[nH]c2ccccc12)NC(=O)CNC(=O)[C@H](Cc1ccc(O)cc1)NC(=O)[C@H](C)N)C(=O)N[C@@H](CC(=O)O)C(=O)N[C@@H](Cc1cccc2ccccc12)C(N)=O. The average Bonchev–Trinajstić information content (AvgIpc) is 3.71. The Labute approximate surface area is 389 Å². The van der Waals surface area contributed by atoms with Gasteiger partial charge in [0.15, 0.2) is 0 Å². The highest BCUT2D eigenvalue weighted by molar-refractivity contribution is 7.98. The minimum absolute atomic E-state index is 0.00257. The summed E-state index contributed by atoms with van der Waals surface area (Å²) in [5, 5.41) is 37.2. The van der Waals surface area contributed by atoms with E-state index in [1.807, 2.05) is 48.5 Å². The number of primary amides is 1. The van der Waals surface area contributed by atoms with Gasteiger partial charge in [0, 0.05) is 36.4 Å². The molecule has 0 saturated carbocycles. The summed E-state index contributed by atoms with van der Waals surface area (Å²) in [6.07, 6.45) is 2.45. The molecule has 7 amide bonds. The van der Waals surface area contributed by atoms with E-state index in [0.717, 1.165) is 21.7 Å². The predicted molar refractivity (Wildman–Crippen MR) is 252 cm³/mol. The summed E-state index contributed by atoms with van der Waals surface area (Å²) in [6.45, 7) is 0.805. The Bertz CT molecular complexity index is 2580. The number of nitrogens with one attached hydrogen (secondary N) is 7. The molecule has 0 fully saturated rings. The molecule has 0 spiro atoms. The van der Waals surface area contributed by atoms with E-state index >= 15 is 0 Å². The van der Waals surface area contributed by atoms with Crippen molar-refractivity contribution < 1.29 is 48.6 Å². The summed E-state index contributed by atoms with van der Waals surface area (Å²) in [5.74, 6) is -6.89. The Kier molecular flexibility index (Phi) is 18.2. The topological polar surface area (TPSA) is 317 Å². The number of carbonyl (C=O) groups excluding carboxylic acids is 7. The Morgan fingerprint density at radius 2 is 1.22 bits per heavy atom. The van der Waals surface area contributed by atoms with Crippen LogP contribution < -0.4 is 43.4 Å². The zero-order valence-electron chi connectivity index (χ0n) is 36.9. The number of aromatic nitrogens is 1. The molecular formula is C47H55N9O10S. The largest absolute Gasteiger partial charge is 0.508 e. The van der Waals surface area contributed by atoms with Gasteiger partial charge in [0.1, 0.15) is 36.0 Å². The van der Waals surface area contributed by atoms with Gasteiger partial charge in [0.25, 0.3) is 0 Å². The van der Waals surface area contributed by atoms with Crippen LogP contribution in [-0.4, -0.2) is 117 Å². The minimum Gasteiger partial charge on any atom is -0.508 e. The van der Waals surface area contributed by atoms with Crippen molar-refractivity contribution in [3.63, 3.8) is 0 Å². The number of fused-ring (bicyclic) bond motifs is 2. The number of thioether (sulfide) groups is 1. The smallest absolute Gasteiger partial charge is 0.305 e. The van der Waals surface area contributed by atoms with Crippen LogP contribution in [0.25, 0.3) is 21.7 Å². The van der Waals surface area contributed by atoms with Crippen molar-refractivity contribution in [2.24, 2.45) is 11.5 Å². The Balaban J connectivity index is 1.32. The fourth-order valence-electron chi connectivity index (χ4n) is 7.26. The molecule has 5 rings (SSSR count). The molecule has 20 heteroatoms. The van der Waals surface area contributed by atoms with E-state index in [1.54, 1.807) is 42.8 Å². The number of H-pyrrole nitrogens is 1. The molecular weight excluding hydrogens is 883 g/mol. The van der Waals surface area contributed by atoms with Crippen LogP contribution in [0.4, 0.5) is 0 Å². The number of hydrogen-bond acceptors (Lipinski definition) is 11. The van der Waals surface area contributed by atoms with Crippen molar-refractivity contribution in [3.05, 3.63) is 114 Å². The Morgan fingerprint density at radius 1 is 0.642 bits per heavy atom. The zero-order valence-corrected chi connectivity index (χ0v) is 37.7. The molecule has 13 N–H and O–H groups in total. The third kappa shape index (κ3) is 14.8. The fourth-order valence-corrected chi connectivity index (χ4v) is 7.74. The number of phenolic OH excluding ortho intramolecular Hbond substituents is 1.